The smallest absolute Gasteiger partial charge is 0.416 e. The number of aromatic nitrogens is 1. The summed E-state index contributed by atoms with van der Waals surface area (Å²) in [6.07, 6.45) is -2.96. The van der Waals surface area contributed by atoms with Crippen molar-refractivity contribution in [3.63, 3.8) is 0 Å². The van der Waals surface area contributed by atoms with Gasteiger partial charge < -0.3 is 82.4 Å². The van der Waals surface area contributed by atoms with E-state index in [0.29, 0.717) is 24.3 Å². The Morgan fingerprint density at radius 3 is 2.17 bits per heavy atom. The average molecular weight is 748 g/mol. The van der Waals surface area contributed by atoms with Crippen LogP contribution in [-0.2, 0) is 27.0 Å². The average Bonchev–Trinajstić information content (AvgIpc) is 3.28. The van der Waals surface area contributed by atoms with Crippen molar-refractivity contribution in [1.29, 1.82) is 0 Å². The van der Waals surface area contributed by atoms with Gasteiger partial charge in [-0.05, 0) is 36.2 Å². The number of fused-ring (bicyclic) bond motifs is 1. The first-order chi connectivity index (χ1) is 19.4. The van der Waals surface area contributed by atoms with E-state index in [-0.39, 0.29) is 102 Å². The molecule has 1 aromatic heterocycles. The monoisotopic (exact) mass is 745 g/mol. The van der Waals surface area contributed by atoms with Crippen LogP contribution in [0.25, 0.3) is 10.9 Å². The summed E-state index contributed by atoms with van der Waals surface area (Å²) in [4.78, 5) is 43.5. The van der Waals surface area contributed by atoms with Crippen LogP contribution in [0.4, 0.5) is 18.9 Å². The van der Waals surface area contributed by atoms with Gasteiger partial charge in [0.1, 0.15) is 17.8 Å². The summed E-state index contributed by atoms with van der Waals surface area (Å²) < 4.78 is 39.0. The summed E-state index contributed by atoms with van der Waals surface area (Å²) in [7, 11) is 0. The first kappa shape index (κ1) is 48.5. The van der Waals surface area contributed by atoms with Crippen molar-refractivity contribution >= 4 is 34.3 Å². The fourth-order valence-corrected chi connectivity index (χ4v) is 4.64. The summed E-state index contributed by atoms with van der Waals surface area (Å²) in [5.41, 5.74) is 16.8. The third-order valence-electron chi connectivity index (χ3n) is 7.13. The molecule has 0 bridgehead atoms. The number of aromatic amines is 1. The Hall–Kier alpha value is -2.91. The Bertz CT molecular complexity index is 1410. The number of anilines is 1. The Kier molecular flexibility index (Phi) is 21.8. The van der Waals surface area contributed by atoms with Crippen LogP contribution in [0.1, 0.15) is 38.8 Å². The number of quaternary nitrogens is 1. The van der Waals surface area contributed by atoms with Crippen molar-refractivity contribution in [2.24, 2.45) is 11.5 Å². The second-order valence-electron chi connectivity index (χ2n) is 10.3. The van der Waals surface area contributed by atoms with Gasteiger partial charge in [0.05, 0.1) is 24.2 Å². The van der Waals surface area contributed by atoms with E-state index in [1.54, 1.807) is 17.2 Å². The van der Waals surface area contributed by atoms with Gasteiger partial charge in [0, 0.05) is 30.8 Å². The van der Waals surface area contributed by atoms with Crippen molar-refractivity contribution in [2.45, 2.75) is 64.5 Å². The van der Waals surface area contributed by atoms with E-state index >= 15 is 0 Å². The van der Waals surface area contributed by atoms with E-state index in [9.17, 15) is 27.6 Å². The van der Waals surface area contributed by atoms with Gasteiger partial charge in [-0.1, -0.05) is 39.1 Å². The lowest BCUT2D eigenvalue weighted by Gasteiger charge is -2.21. The van der Waals surface area contributed by atoms with Crippen molar-refractivity contribution in [3.8, 4) is 0 Å². The molecule has 0 aliphatic carbocycles. The van der Waals surface area contributed by atoms with Crippen LogP contribution in [0.15, 0.2) is 60.8 Å². The number of nitrogens with two attached hydrogens (primary N) is 2. The minimum atomic E-state index is -4.50. The number of amides is 3. The number of para-hydroxylation sites is 1. The van der Waals surface area contributed by atoms with Gasteiger partial charge in [-0.25, -0.2) is 4.98 Å². The fraction of sp³-hybridized carbons (Fsp3) is 0.400. The van der Waals surface area contributed by atoms with Gasteiger partial charge in [-0.3, -0.25) is 14.4 Å². The number of halogens is 7. The number of H-pyrrole nitrogens is 1. The molecule has 0 spiro atoms. The van der Waals surface area contributed by atoms with Crippen LogP contribution < -0.4 is 82.4 Å². The minimum absolute atomic E-state index is 0. The number of pyridine rings is 1. The second kappa shape index (κ2) is 21.1. The first-order valence-electron chi connectivity index (χ1n) is 13.2. The number of nitrogens with one attached hydrogen (secondary N) is 3. The summed E-state index contributed by atoms with van der Waals surface area (Å²) >= 11 is 0. The number of carbonyl (C=O) groups excluding carboxylic acids is 3. The van der Waals surface area contributed by atoms with Gasteiger partial charge in [-0.2, -0.15) is 13.2 Å². The lowest BCUT2D eigenvalue weighted by Crippen LogP contribution is -3.00. The van der Waals surface area contributed by atoms with E-state index in [0.717, 1.165) is 23.0 Å². The van der Waals surface area contributed by atoms with Crippen molar-refractivity contribution in [1.82, 2.24) is 10.2 Å². The largest absolute Gasteiger partial charge is 1.00 e. The third kappa shape index (κ3) is 13.3. The Labute approximate surface area is 297 Å². The van der Waals surface area contributed by atoms with Gasteiger partial charge in [0.15, 0.2) is 6.20 Å². The van der Waals surface area contributed by atoms with E-state index in [4.69, 9.17) is 11.5 Å². The maximum atomic E-state index is 13.3. The number of likely N-dealkylation sites (tertiary alicyclic amines) is 1. The standard InChI is InChI=1S/C28H32F3N7O3.2CH4.4ClH/c29-28(30,31)18-7-5-16(6-8-18)11-24(27(41)36-19-12-17-3-1-2-4-23(17)35-13-19)37-26(40)20(32)9-10-25(39)38-14-21(33)22(34)15-38;;;;;;/h1-8,12-13,20-22,24H,9-11,14-15,32-34H2,(H,36,41)(H,37,40);2*1H4;4*1H/p-2/t20-,21-,22+,24+;;;;;;/m0....../s1. The number of hydrogen-bond donors (Lipinski definition) is 5. The highest BCUT2D eigenvalue weighted by molar-refractivity contribution is 5.98. The van der Waals surface area contributed by atoms with Crippen LogP contribution in [0.3, 0.4) is 0 Å². The van der Waals surface area contributed by atoms with Crippen molar-refractivity contribution < 1.29 is 87.9 Å². The molecule has 266 valence electrons. The zero-order valence-electron chi connectivity index (χ0n) is 23.8. The molecule has 3 amide bonds. The molecule has 0 unspecified atom stereocenters. The highest BCUT2D eigenvalue weighted by Crippen LogP contribution is 2.29. The highest BCUT2D eigenvalue weighted by atomic mass is 35.5. The molecule has 2 aromatic carbocycles. The molecule has 0 saturated carbocycles. The van der Waals surface area contributed by atoms with Gasteiger partial charge in [0.25, 0.3) is 0 Å². The minimum Gasteiger partial charge on any atom is -1.00 e. The molecule has 47 heavy (non-hydrogen) atoms. The lowest BCUT2D eigenvalue weighted by molar-refractivity contribution is -0.416. The summed E-state index contributed by atoms with van der Waals surface area (Å²) in [5, 5.41) is 6.19. The van der Waals surface area contributed by atoms with E-state index in [1.165, 1.54) is 12.1 Å². The first-order valence-corrected chi connectivity index (χ1v) is 13.2. The lowest BCUT2D eigenvalue weighted by atomic mass is 10.0. The molecule has 4 rings (SSSR count). The molecule has 10 N–H and O–H groups in total. The van der Waals surface area contributed by atoms with Crippen LogP contribution in [0.5, 0.6) is 0 Å². The molecule has 4 atom stereocenters. The molecular formula is C30H42Cl4F3N7O3-2. The maximum absolute atomic E-state index is 13.3. The zero-order chi connectivity index (χ0) is 29.7. The zero-order valence-corrected chi connectivity index (χ0v) is 26.8. The SMILES string of the molecule is C.C.N[C@@H](CCC(=O)N1C[C@@H]([NH3+])[C@@H](N)C1)C(=O)N[C@H](Cc1ccc(C(F)(F)F)cc1)C(=O)Nc1c[nH+]c2ccccc2c1.[Cl-].[Cl-].[Cl-].[Cl-]. The van der Waals surface area contributed by atoms with Gasteiger partial charge in [-0.15, -0.1) is 0 Å². The Balaban J connectivity index is -0.00000323. The van der Waals surface area contributed by atoms with Crippen LogP contribution in [0, 0.1) is 0 Å². The molecule has 0 radical (unpaired) electrons. The molecule has 2 heterocycles. The number of rotatable bonds is 9. The number of benzene rings is 2. The maximum Gasteiger partial charge on any atom is 0.416 e. The predicted molar refractivity (Wildman–Crippen MR) is 158 cm³/mol. The van der Waals surface area contributed by atoms with E-state index in [1.807, 2.05) is 24.3 Å². The van der Waals surface area contributed by atoms with E-state index < -0.39 is 35.6 Å². The Morgan fingerprint density at radius 1 is 0.979 bits per heavy atom. The number of nitrogens with zero attached hydrogens (tertiary/aromatic N) is 1. The topological polar surface area (TPSA) is 172 Å². The van der Waals surface area contributed by atoms with Crippen LogP contribution >= 0.6 is 0 Å². The van der Waals surface area contributed by atoms with Crippen molar-refractivity contribution in [3.05, 3.63) is 71.9 Å². The summed E-state index contributed by atoms with van der Waals surface area (Å²) in [6.45, 7) is 0.818. The van der Waals surface area contributed by atoms with Crippen LogP contribution in [0.2, 0.25) is 0 Å². The molecule has 1 fully saturated rings. The molecule has 3 aromatic rings. The van der Waals surface area contributed by atoms with Crippen molar-refractivity contribution in [2.75, 3.05) is 18.4 Å². The van der Waals surface area contributed by atoms with Gasteiger partial charge >= 0.3 is 6.18 Å². The predicted octanol–water partition coefficient (Wildman–Crippen LogP) is -10.5. The molecule has 1 aliphatic rings. The fourth-order valence-electron chi connectivity index (χ4n) is 4.64. The number of carbonyl (C=O) groups is 3. The molecular weight excluding hydrogens is 705 g/mol. The number of alkyl halides is 3. The summed E-state index contributed by atoms with van der Waals surface area (Å²) in [6, 6.07) is 11.0. The normalized spacial score (nSPS) is 16.3. The number of hydrogen-bond acceptors (Lipinski definition) is 5. The molecule has 10 nitrogen and oxygen atoms in total. The van der Waals surface area contributed by atoms with Gasteiger partial charge in [0.2, 0.25) is 23.2 Å². The highest BCUT2D eigenvalue weighted by Gasteiger charge is 2.34. The molecule has 1 aliphatic heterocycles. The van der Waals surface area contributed by atoms with Crippen LogP contribution in [-0.4, -0.2) is 59.9 Å². The Morgan fingerprint density at radius 2 is 1.60 bits per heavy atom. The molecule has 17 heteroatoms. The van der Waals surface area contributed by atoms with E-state index in [2.05, 4.69) is 21.4 Å². The second-order valence-corrected chi connectivity index (χ2v) is 10.3. The summed E-state index contributed by atoms with van der Waals surface area (Å²) in [5.74, 6) is -1.44. The quantitative estimate of drug-likeness (QED) is 0.146. The third-order valence-corrected chi connectivity index (χ3v) is 7.13. The molecule has 1 saturated heterocycles.